The van der Waals surface area contributed by atoms with Gasteiger partial charge in [0, 0.05) is 0 Å². The maximum absolute atomic E-state index is 10.8. The van der Waals surface area contributed by atoms with Crippen LogP contribution in [0.1, 0.15) is 13.3 Å². The predicted molar refractivity (Wildman–Crippen MR) is 62.0 cm³/mol. The minimum atomic E-state index is -1.11. The molecule has 0 aliphatic rings. The molecule has 0 aliphatic carbocycles. The molecular formula is C11H13NO6. The van der Waals surface area contributed by atoms with Crippen LogP contribution in [0.2, 0.25) is 0 Å². The van der Waals surface area contributed by atoms with Gasteiger partial charge in [-0.15, -0.1) is 0 Å². The van der Waals surface area contributed by atoms with Gasteiger partial charge in [-0.1, -0.05) is 6.92 Å². The molecule has 1 atom stereocenters. The SMILES string of the molecule is CCC(Oc1ccc(OC)c([N+](=O)[O-])c1)C(=O)O. The molecule has 0 amide bonds. The first-order chi connectivity index (χ1) is 8.49. The van der Waals surface area contributed by atoms with E-state index in [2.05, 4.69) is 0 Å². The van der Waals surface area contributed by atoms with Crippen LogP contribution in [0, 0.1) is 10.1 Å². The fraction of sp³-hybridized carbons (Fsp3) is 0.364. The van der Waals surface area contributed by atoms with Gasteiger partial charge < -0.3 is 14.6 Å². The van der Waals surface area contributed by atoms with Gasteiger partial charge in [0.15, 0.2) is 11.9 Å². The fourth-order valence-corrected chi connectivity index (χ4v) is 1.36. The molecule has 1 rings (SSSR count). The highest BCUT2D eigenvalue weighted by atomic mass is 16.6. The molecule has 18 heavy (non-hydrogen) atoms. The molecular weight excluding hydrogens is 242 g/mol. The summed E-state index contributed by atoms with van der Waals surface area (Å²) in [5.41, 5.74) is -0.268. The van der Waals surface area contributed by atoms with Crippen LogP contribution >= 0.6 is 0 Å². The number of nitrogens with zero attached hydrogens (tertiary/aromatic N) is 1. The lowest BCUT2D eigenvalue weighted by Gasteiger charge is -2.13. The molecule has 1 N–H and O–H groups in total. The van der Waals surface area contributed by atoms with E-state index in [1.54, 1.807) is 6.92 Å². The third-order valence-corrected chi connectivity index (χ3v) is 2.27. The summed E-state index contributed by atoms with van der Waals surface area (Å²) in [5.74, 6) is -0.900. The third kappa shape index (κ3) is 3.09. The Kier molecular flexibility index (Phi) is 4.47. The molecule has 0 bridgehead atoms. The van der Waals surface area contributed by atoms with Crippen LogP contribution in [0.3, 0.4) is 0 Å². The second-order valence-electron chi connectivity index (χ2n) is 3.44. The number of methoxy groups -OCH3 is 1. The van der Waals surface area contributed by atoms with Crippen LogP contribution in [0.15, 0.2) is 18.2 Å². The number of ether oxygens (including phenoxy) is 2. The highest BCUT2D eigenvalue weighted by Gasteiger charge is 2.20. The summed E-state index contributed by atoms with van der Waals surface area (Å²) in [5, 5.41) is 19.6. The van der Waals surface area contributed by atoms with Crippen molar-refractivity contribution >= 4 is 11.7 Å². The van der Waals surface area contributed by atoms with Gasteiger partial charge in [-0.3, -0.25) is 10.1 Å². The van der Waals surface area contributed by atoms with Crippen LogP contribution < -0.4 is 9.47 Å². The molecule has 1 aromatic rings. The number of nitro benzene ring substituents is 1. The average molecular weight is 255 g/mol. The van der Waals surface area contributed by atoms with E-state index in [0.29, 0.717) is 0 Å². The largest absolute Gasteiger partial charge is 0.490 e. The Hall–Kier alpha value is -2.31. The van der Waals surface area contributed by atoms with Crippen molar-refractivity contribution in [2.45, 2.75) is 19.4 Å². The Labute approximate surface area is 103 Å². The van der Waals surface area contributed by atoms with E-state index < -0.39 is 17.0 Å². The van der Waals surface area contributed by atoms with Gasteiger partial charge in [-0.05, 0) is 18.6 Å². The number of carboxylic acid groups (broad SMARTS) is 1. The quantitative estimate of drug-likeness (QED) is 0.615. The molecule has 1 unspecified atom stereocenters. The zero-order valence-electron chi connectivity index (χ0n) is 9.95. The highest BCUT2D eigenvalue weighted by molar-refractivity contribution is 5.72. The normalized spacial score (nSPS) is 11.7. The van der Waals surface area contributed by atoms with Gasteiger partial charge >= 0.3 is 11.7 Å². The first-order valence-corrected chi connectivity index (χ1v) is 5.21. The number of hydrogen-bond donors (Lipinski definition) is 1. The maximum atomic E-state index is 10.8. The monoisotopic (exact) mass is 255 g/mol. The number of aliphatic carboxylic acids is 1. The Bertz CT molecular complexity index is 459. The van der Waals surface area contributed by atoms with E-state index in [0.717, 1.165) is 6.07 Å². The molecule has 0 radical (unpaired) electrons. The summed E-state index contributed by atoms with van der Waals surface area (Å²) in [4.78, 5) is 21.0. The summed E-state index contributed by atoms with van der Waals surface area (Å²) in [6.07, 6.45) is -0.771. The van der Waals surface area contributed by atoms with Crippen molar-refractivity contribution in [2.24, 2.45) is 0 Å². The van der Waals surface area contributed by atoms with Crippen molar-refractivity contribution in [1.29, 1.82) is 0 Å². The van der Waals surface area contributed by atoms with Crippen LogP contribution in [0.25, 0.3) is 0 Å². The van der Waals surface area contributed by atoms with Crippen molar-refractivity contribution in [2.75, 3.05) is 7.11 Å². The van der Waals surface area contributed by atoms with Gasteiger partial charge in [0.25, 0.3) is 0 Å². The second kappa shape index (κ2) is 5.85. The number of carbonyl (C=O) groups is 1. The molecule has 98 valence electrons. The van der Waals surface area contributed by atoms with Crippen molar-refractivity contribution in [3.8, 4) is 11.5 Å². The summed E-state index contributed by atoms with van der Waals surface area (Å²) < 4.78 is 9.98. The van der Waals surface area contributed by atoms with E-state index in [1.807, 2.05) is 0 Å². The van der Waals surface area contributed by atoms with E-state index >= 15 is 0 Å². The standard InChI is InChI=1S/C11H13NO6/c1-3-9(11(13)14)18-7-4-5-10(17-2)8(6-7)12(15)16/h4-6,9H,3H2,1-2H3,(H,13,14). The number of benzene rings is 1. The second-order valence-corrected chi connectivity index (χ2v) is 3.44. The molecule has 0 spiro atoms. The number of rotatable bonds is 6. The van der Waals surface area contributed by atoms with Gasteiger partial charge in [-0.25, -0.2) is 4.79 Å². The lowest BCUT2D eigenvalue weighted by molar-refractivity contribution is -0.385. The molecule has 0 saturated carbocycles. The Morgan fingerprint density at radius 3 is 2.67 bits per heavy atom. The predicted octanol–water partition coefficient (Wildman–Crippen LogP) is 1.85. The lowest BCUT2D eigenvalue weighted by atomic mass is 10.2. The van der Waals surface area contributed by atoms with Crippen molar-refractivity contribution < 1.29 is 24.3 Å². The first kappa shape index (κ1) is 13.8. The highest BCUT2D eigenvalue weighted by Crippen LogP contribution is 2.31. The zero-order chi connectivity index (χ0) is 13.7. The maximum Gasteiger partial charge on any atom is 0.344 e. The van der Waals surface area contributed by atoms with Gasteiger partial charge in [0.05, 0.1) is 18.1 Å². The van der Waals surface area contributed by atoms with E-state index in [1.165, 1.54) is 19.2 Å². The van der Waals surface area contributed by atoms with Crippen LogP contribution in [0.4, 0.5) is 5.69 Å². The summed E-state index contributed by atoms with van der Waals surface area (Å²) in [6.45, 7) is 1.65. The Morgan fingerprint density at radius 1 is 1.56 bits per heavy atom. The third-order valence-electron chi connectivity index (χ3n) is 2.27. The Morgan fingerprint density at radius 2 is 2.22 bits per heavy atom. The van der Waals surface area contributed by atoms with Crippen molar-refractivity contribution in [3.05, 3.63) is 28.3 Å². The molecule has 0 aromatic heterocycles. The minimum absolute atomic E-state index is 0.0933. The average Bonchev–Trinajstić information content (AvgIpc) is 2.35. The van der Waals surface area contributed by atoms with Crippen LogP contribution in [-0.4, -0.2) is 29.2 Å². The molecule has 0 aliphatic heterocycles. The fourth-order valence-electron chi connectivity index (χ4n) is 1.36. The number of carboxylic acids is 1. The Balaban J connectivity index is 3.01. The van der Waals surface area contributed by atoms with E-state index in [9.17, 15) is 14.9 Å². The van der Waals surface area contributed by atoms with Gasteiger partial charge in [0.1, 0.15) is 5.75 Å². The van der Waals surface area contributed by atoms with Crippen molar-refractivity contribution in [1.82, 2.24) is 0 Å². The van der Waals surface area contributed by atoms with Crippen LogP contribution in [-0.2, 0) is 4.79 Å². The summed E-state index contributed by atoms with van der Waals surface area (Å²) in [6, 6.07) is 3.93. The van der Waals surface area contributed by atoms with Gasteiger partial charge in [0.2, 0.25) is 0 Å². The zero-order valence-corrected chi connectivity index (χ0v) is 9.95. The molecule has 0 saturated heterocycles. The number of nitro groups is 1. The summed E-state index contributed by atoms with van der Waals surface area (Å²) >= 11 is 0. The molecule has 1 aromatic carbocycles. The minimum Gasteiger partial charge on any atom is -0.490 e. The smallest absolute Gasteiger partial charge is 0.344 e. The first-order valence-electron chi connectivity index (χ1n) is 5.21. The number of hydrogen-bond acceptors (Lipinski definition) is 5. The van der Waals surface area contributed by atoms with Crippen molar-refractivity contribution in [3.63, 3.8) is 0 Å². The molecule has 7 nitrogen and oxygen atoms in total. The topological polar surface area (TPSA) is 98.9 Å². The molecule has 7 heteroatoms. The lowest BCUT2D eigenvalue weighted by Crippen LogP contribution is -2.25. The van der Waals surface area contributed by atoms with Crippen LogP contribution in [0.5, 0.6) is 11.5 Å². The van der Waals surface area contributed by atoms with E-state index in [-0.39, 0.29) is 23.6 Å². The summed E-state index contributed by atoms with van der Waals surface area (Å²) in [7, 11) is 1.31. The molecule has 0 fully saturated rings. The molecule has 0 heterocycles. The van der Waals surface area contributed by atoms with E-state index in [4.69, 9.17) is 14.6 Å². The van der Waals surface area contributed by atoms with Gasteiger partial charge in [-0.2, -0.15) is 0 Å².